The molecule has 1 heterocycles. The predicted octanol–water partition coefficient (Wildman–Crippen LogP) is 0.457. The molecule has 0 amide bonds. The molecule has 1 aromatic rings. The number of rotatable bonds is 6. The largest absolute Gasteiger partial charge is 0.462 e. The molecule has 6 nitrogen and oxygen atoms in total. The molecule has 0 spiro atoms. The van der Waals surface area contributed by atoms with E-state index in [1.807, 2.05) is 13.8 Å². The van der Waals surface area contributed by atoms with Crippen molar-refractivity contribution in [3.8, 4) is 0 Å². The van der Waals surface area contributed by atoms with Gasteiger partial charge in [0.25, 0.3) is 0 Å². The van der Waals surface area contributed by atoms with Crippen molar-refractivity contribution in [1.82, 2.24) is 15.1 Å². The van der Waals surface area contributed by atoms with Crippen molar-refractivity contribution in [1.29, 1.82) is 0 Å². The summed E-state index contributed by atoms with van der Waals surface area (Å²) in [5.74, 6) is -0.371. The number of aliphatic hydroxyl groups is 1. The number of nitrogens with zero attached hydrogens (tertiary/aromatic N) is 2. The lowest BCUT2D eigenvalue weighted by Crippen LogP contribution is -2.42. The minimum atomic E-state index is -0.407. The second-order valence-electron chi connectivity index (χ2n) is 4.74. The summed E-state index contributed by atoms with van der Waals surface area (Å²) < 4.78 is 6.60. The van der Waals surface area contributed by atoms with Crippen molar-refractivity contribution in [3.63, 3.8) is 0 Å². The van der Waals surface area contributed by atoms with Crippen LogP contribution in [0.2, 0.25) is 0 Å². The molecule has 0 aliphatic carbocycles. The van der Waals surface area contributed by atoms with Gasteiger partial charge >= 0.3 is 5.97 Å². The summed E-state index contributed by atoms with van der Waals surface area (Å²) in [6.07, 6.45) is 1.50. The highest BCUT2D eigenvalue weighted by atomic mass is 16.5. The van der Waals surface area contributed by atoms with E-state index in [1.54, 1.807) is 18.7 Å². The van der Waals surface area contributed by atoms with Gasteiger partial charge in [0.1, 0.15) is 5.56 Å². The molecule has 0 aromatic carbocycles. The van der Waals surface area contributed by atoms with E-state index < -0.39 is 5.54 Å². The highest BCUT2D eigenvalue weighted by Gasteiger charge is 2.20. The lowest BCUT2D eigenvalue weighted by molar-refractivity contribution is 0.0524. The Kier molecular flexibility index (Phi) is 4.86. The topological polar surface area (TPSA) is 76.4 Å². The molecule has 1 aromatic heterocycles. The normalized spacial score (nSPS) is 11.6. The Morgan fingerprint density at radius 3 is 2.83 bits per heavy atom. The Morgan fingerprint density at radius 2 is 2.28 bits per heavy atom. The Labute approximate surface area is 107 Å². The van der Waals surface area contributed by atoms with Crippen LogP contribution in [0, 0.1) is 0 Å². The fraction of sp³-hybridized carbons (Fsp3) is 0.667. The summed E-state index contributed by atoms with van der Waals surface area (Å²) in [6.45, 7) is 6.32. The van der Waals surface area contributed by atoms with Gasteiger partial charge in [0.05, 0.1) is 25.1 Å². The average molecular weight is 255 g/mol. The fourth-order valence-electron chi connectivity index (χ4n) is 1.43. The van der Waals surface area contributed by atoms with Crippen LogP contribution in [0.5, 0.6) is 0 Å². The predicted molar refractivity (Wildman–Crippen MR) is 67.2 cm³/mol. The number of carbonyl (C=O) groups excluding carboxylic acids is 1. The maximum atomic E-state index is 11.7. The summed E-state index contributed by atoms with van der Waals surface area (Å²) in [5, 5.41) is 16.4. The van der Waals surface area contributed by atoms with E-state index in [9.17, 15) is 9.90 Å². The maximum Gasteiger partial charge on any atom is 0.341 e. The van der Waals surface area contributed by atoms with Gasteiger partial charge in [-0.05, 0) is 20.8 Å². The van der Waals surface area contributed by atoms with E-state index >= 15 is 0 Å². The SMILES string of the molecule is CCOC(=O)c1cnn(C)c1CNC(C)(C)CO. The Hall–Kier alpha value is -1.40. The number of hydrogen-bond acceptors (Lipinski definition) is 5. The molecule has 0 fully saturated rings. The molecule has 0 radical (unpaired) electrons. The molecule has 6 heteroatoms. The summed E-state index contributed by atoms with van der Waals surface area (Å²) >= 11 is 0. The quantitative estimate of drug-likeness (QED) is 0.722. The number of aliphatic hydroxyl groups excluding tert-OH is 1. The molecular weight excluding hydrogens is 234 g/mol. The van der Waals surface area contributed by atoms with E-state index in [4.69, 9.17) is 4.74 Å². The summed E-state index contributed by atoms with van der Waals surface area (Å²) in [7, 11) is 1.77. The van der Waals surface area contributed by atoms with E-state index in [-0.39, 0.29) is 12.6 Å². The van der Waals surface area contributed by atoms with Crippen LogP contribution >= 0.6 is 0 Å². The first-order valence-electron chi connectivity index (χ1n) is 5.95. The number of nitrogens with one attached hydrogen (secondary N) is 1. The molecule has 0 atom stereocenters. The second kappa shape index (κ2) is 5.97. The molecule has 0 saturated heterocycles. The third kappa shape index (κ3) is 3.54. The van der Waals surface area contributed by atoms with Gasteiger partial charge in [-0.1, -0.05) is 0 Å². The zero-order valence-electron chi connectivity index (χ0n) is 11.4. The van der Waals surface area contributed by atoms with Crippen molar-refractivity contribution in [2.24, 2.45) is 7.05 Å². The van der Waals surface area contributed by atoms with E-state index in [1.165, 1.54) is 6.20 Å². The fourth-order valence-corrected chi connectivity index (χ4v) is 1.43. The molecular formula is C12H21N3O3. The van der Waals surface area contributed by atoms with Gasteiger partial charge in [-0.2, -0.15) is 5.10 Å². The number of hydrogen-bond donors (Lipinski definition) is 2. The molecule has 102 valence electrons. The van der Waals surface area contributed by atoms with Crippen LogP contribution in [-0.4, -0.2) is 39.6 Å². The van der Waals surface area contributed by atoms with E-state index in [2.05, 4.69) is 10.4 Å². The first kappa shape index (κ1) is 14.7. The third-order valence-corrected chi connectivity index (χ3v) is 2.69. The van der Waals surface area contributed by atoms with Crippen molar-refractivity contribution in [2.45, 2.75) is 32.9 Å². The Bertz CT molecular complexity index is 413. The number of aromatic nitrogens is 2. The van der Waals surface area contributed by atoms with Gasteiger partial charge in [-0.15, -0.1) is 0 Å². The van der Waals surface area contributed by atoms with Crippen molar-refractivity contribution in [3.05, 3.63) is 17.5 Å². The minimum Gasteiger partial charge on any atom is -0.462 e. The van der Waals surface area contributed by atoms with Crippen LogP contribution in [0.1, 0.15) is 36.8 Å². The molecule has 0 bridgehead atoms. The number of aryl methyl sites for hydroxylation is 1. The average Bonchev–Trinajstić information content (AvgIpc) is 2.68. The van der Waals surface area contributed by atoms with Crippen LogP contribution in [0.4, 0.5) is 0 Å². The van der Waals surface area contributed by atoms with E-state index in [0.29, 0.717) is 18.7 Å². The van der Waals surface area contributed by atoms with Crippen molar-refractivity contribution in [2.75, 3.05) is 13.2 Å². The first-order chi connectivity index (χ1) is 8.41. The number of carbonyl (C=O) groups is 1. The molecule has 18 heavy (non-hydrogen) atoms. The highest BCUT2D eigenvalue weighted by molar-refractivity contribution is 5.90. The zero-order chi connectivity index (χ0) is 13.8. The maximum absolute atomic E-state index is 11.7. The second-order valence-corrected chi connectivity index (χ2v) is 4.74. The van der Waals surface area contributed by atoms with Crippen LogP contribution in [0.15, 0.2) is 6.20 Å². The van der Waals surface area contributed by atoms with Gasteiger partial charge < -0.3 is 15.2 Å². The molecule has 1 rings (SSSR count). The summed E-state index contributed by atoms with van der Waals surface area (Å²) in [4.78, 5) is 11.7. The zero-order valence-corrected chi connectivity index (χ0v) is 11.4. The Balaban J connectivity index is 2.82. The van der Waals surface area contributed by atoms with Crippen LogP contribution in [0.25, 0.3) is 0 Å². The number of ether oxygens (including phenoxy) is 1. The first-order valence-corrected chi connectivity index (χ1v) is 5.95. The Morgan fingerprint density at radius 1 is 1.61 bits per heavy atom. The number of esters is 1. The molecule has 0 aliphatic rings. The van der Waals surface area contributed by atoms with Gasteiger partial charge in [0, 0.05) is 19.1 Å². The van der Waals surface area contributed by atoms with Crippen LogP contribution in [-0.2, 0) is 18.3 Å². The van der Waals surface area contributed by atoms with Gasteiger partial charge in [-0.3, -0.25) is 4.68 Å². The lowest BCUT2D eigenvalue weighted by Gasteiger charge is -2.23. The van der Waals surface area contributed by atoms with Crippen molar-refractivity contribution < 1.29 is 14.6 Å². The van der Waals surface area contributed by atoms with Gasteiger partial charge in [0.2, 0.25) is 0 Å². The van der Waals surface area contributed by atoms with Crippen LogP contribution in [0.3, 0.4) is 0 Å². The summed E-state index contributed by atoms with van der Waals surface area (Å²) in [5.41, 5.74) is 0.798. The molecule has 0 aliphatic heterocycles. The van der Waals surface area contributed by atoms with Gasteiger partial charge in [0.15, 0.2) is 0 Å². The summed E-state index contributed by atoms with van der Waals surface area (Å²) in [6, 6.07) is 0. The monoisotopic (exact) mass is 255 g/mol. The smallest absolute Gasteiger partial charge is 0.341 e. The van der Waals surface area contributed by atoms with Crippen molar-refractivity contribution >= 4 is 5.97 Å². The highest BCUT2D eigenvalue weighted by Crippen LogP contribution is 2.11. The molecule has 2 N–H and O–H groups in total. The molecule has 0 saturated carbocycles. The third-order valence-electron chi connectivity index (χ3n) is 2.69. The van der Waals surface area contributed by atoms with Crippen LogP contribution < -0.4 is 5.32 Å². The molecule has 0 unspecified atom stereocenters. The minimum absolute atomic E-state index is 0.0135. The standard InChI is InChI=1S/C12H21N3O3/c1-5-18-11(17)9-6-14-15(4)10(9)7-13-12(2,3)8-16/h6,13,16H,5,7-8H2,1-4H3. The van der Waals surface area contributed by atoms with Gasteiger partial charge in [-0.25, -0.2) is 4.79 Å². The van der Waals surface area contributed by atoms with E-state index in [0.717, 1.165) is 5.69 Å². The lowest BCUT2D eigenvalue weighted by atomic mass is 10.1.